The van der Waals surface area contributed by atoms with Gasteiger partial charge in [-0.05, 0) is 36.1 Å². The number of thiophene rings is 1. The predicted octanol–water partition coefficient (Wildman–Crippen LogP) is 2.72. The summed E-state index contributed by atoms with van der Waals surface area (Å²) in [6.45, 7) is 3.62. The maximum Gasteiger partial charge on any atom is 0.348 e. The highest BCUT2D eigenvalue weighted by atomic mass is 32.1. The first-order chi connectivity index (χ1) is 12.2. The van der Waals surface area contributed by atoms with E-state index < -0.39 is 5.97 Å². The normalized spacial score (nSPS) is 12.5. The molecule has 0 saturated carbocycles. The highest BCUT2D eigenvalue weighted by molar-refractivity contribution is 7.11. The molecule has 0 atom stereocenters. The fourth-order valence-electron chi connectivity index (χ4n) is 2.47. The molecule has 132 valence electrons. The number of likely N-dealkylation sites (N-methyl/N-ethyl adjacent to an activating group) is 1. The van der Waals surface area contributed by atoms with Crippen LogP contribution < -0.4 is 9.47 Å². The van der Waals surface area contributed by atoms with E-state index in [0.717, 1.165) is 5.56 Å². The molecule has 2 heterocycles. The molecular weight excluding hydrogens is 342 g/mol. The molecule has 0 fully saturated rings. The molecule has 25 heavy (non-hydrogen) atoms. The zero-order chi connectivity index (χ0) is 17.6. The molecule has 0 spiro atoms. The Hall–Kier alpha value is -2.54. The topological polar surface area (TPSA) is 65.1 Å². The fourth-order valence-corrected chi connectivity index (χ4v) is 3.08. The molecule has 7 heteroatoms. The second-order valence-electron chi connectivity index (χ2n) is 5.44. The van der Waals surface area contributed by atoms with Crippen LogP contribution >= 0.6 is 11.3 Å². The number of hydrogen-bond acceptors (Lipinski definition) is 6. The summed E-state index contributed by atoms with van der Waals surface area (Å²) >= 11 is 1.29. The number of carbonyl (C=O) groups excluding carboxylic acids is 2. The molecule has 0 N–H and O–H groups in total. The summed E-state index contributed by atoms with van der Waals surface area (Å²) in [4.78, 5) is 26.3. The van der Waals surface area contributed by atoms with Gasteiger partial charge in [0.2, 0.25) is 0 Å². The minimum absolute atomic E-state index is 0.234. The molecule has 0 unspecified atom stereocenters. The minimum Gasteiger partial charge on any atom is -0.486 e. The van der Waals surface area contributed by atoms with Crippen LogP contribution in [0, 0.1) is 0 Å². The van der Waals surface area contributed by atoms with Gasteiger partial charge in [0.25, 0.3) is 5.91 Å². The molecule has 0 saturated heterocycles. The van der Waals surface area contributed by atoms with Crippen molar-refractivity contribution in [3.63, 3.8) is 0 Å². The first kappa shape index (κ1) is 17.3. The summed E-state index contributed by atoms with van der Waals surface area (Å²) in [6.07, 6.45) is 0. The van der Waals surface area contributed by atoms with Crippen LogP contribution in [-0.2, 0) is 16.1 Å². The Morgan fingerprint density at radius 1 is 1.20 bits per heavy atom. The molecule has 0 bridgehead atoms. The van der Waals surface area contributed by atoms with Gasteiger partial charge in [0, 0.05) is 13.1 Å². The van der Waals surface area contributed by atoms with E-state index >= 15 is 0 Å². The minimum atomic E-state index is -0.473. The Morgan fingerprint density at radius 2 is 2.00 bits per heavy atom. The van der Waals surface area contributed by atoms with Crippen molar-refractivity contribution in [1.29, 1.82) is 0 Å². The smallest absolute Gasteiger partial charge is 0.348 e. The van der Waals surface area contributed by atoms with E-state index in [0.29, 0.717) is 42.7 Å². The Labute approximate surface area is 149 Å². The first-order valence-corrected chi connectivity index (χ1v) is 8.92. The average molecular weight is 361 g/mol. The number of benzene rings is 1. The molecule has 1 aliphatic rings. The van der Waals surface area contributed by atoms with Gasteiger partial charge in [-0.1, -0.05) is 12.1 Å². The number of fused-ring (bicyclic) bond motifs is 1. The monoisotopic (exact) mass is 361 g/mol. The standard InChI is InChI=1S/C18H19NO5S/c1-2-19(17(20)12-24-18(21)16-4-3-9-25-16)11-13-5-6-14-15(10-13)23-8-7-22-14/h3-6,9-10H,2,7-8,11-12H2,1H3. The fraction of sp³-hybridized carbons (Fsp3) is 0.333. The van der Waals surface area contributed by atoms with Crippen molar-refractivity contribution < 1.29 is 23.8 Å². The van der Waals surface area contributed by atoms with E-state index in [1.807, 2.05) is 25.1 Å². The first-order valence-electron chi connectivity index (χ1n) is 8.04. The largest absolute Gasteiger partial charge is 0.486 e. The molecule has 1 amide bonds. The molecule has 1 aromatic heterocycles. The maximum atomic E-state index is 12.3. The van der Waals surface area contributed by atoms with E-state index in [-0.39, 0.29) is 12.5 Å². The van der Waals surface area contributed by atoms with Gasteiger partial charge in [-0.3, -0.25) is 4.79 Å². The van der Waals surface area contributed by atoms with Gasteiger partial charge < -0.3 is 19.1 Å². The second kappa shape index (κ2) is 8.02. The summed E-state index contributed by atoms with van der Waals surface area (Å²) in [5.74, 6) is 0.701. The van der Waals surface area contributed by atoms with Crippen LogP contribution in [0.4, 0.5) is 0 Å². The lowest BCUT2D eigenvalue weighted by molar-refractivity contribution is -0.134. The lowest BCUT2D eigenvalue weighted by Gasteiger charge is -2.23. The molecule has 6 nitrogen and oxygen atoms in total. The van der Waals surface area contributed by atoms with Crippen LogP contribution in [0.15, 0.2) is 35.7 Å². The molecule has 1 aliphatic heterocycles. The maximum absolute atomic E-state index is 12.3. The summed E-state index contributed by atoms with van der Waals surface area (Å²) in [5.41, 5.74) is 0.934. The van der Waals surface area contributed by atoms with Gasteiger partial charge >= 0.3 is 5.97 Å². The Bertz CT molecular complexity index is 744. The summed E-state index contributed by atoms with van der Waals surface area (Å²) in [6, 6.07) is 9.07. The van der Waals surface area contributed by atoms with Gasteiger partial charge in [0.05, 0.1) is 0 Å². The Kier molecular flexibility index (Phi) is 5.55. The second-order valence-corrected chi connectivity index (χ2v) is 6.39. The van der Waals surface area contributed by atoms with Crippen molar-refractivity contribution in [2.24, 2.45) is 0 Å². The van der Waals surface area contributed by atoms with E-state index in [9.17, 15) is 9.59 Å². The third kappa shape index (κ3) is 4.30. The van der Waals surface area contributed by atoms with Gasteiger partial charge in [0.15, 0.2) is 18.1 Å². The summed E-state index contributed by atoms with van der Waals surface area (Å²) in [5, 5.41) is 1.79. The molecule has 0 radical (unpaired) electrons. The SMILES string of the molecule is CCN(Cc1ccc2c(c1)OCCO2)C(=O)COC(=O)c1cccs1. The summed E-state index contributed by atoms with van der Waals surface area (Å²) < 4.78 is 16.2. The number of carbonyl (C=O) groups is 2. The predicted molar refractivity (Wildman–Crippen MR) is 93.1 cm³/mol. The van der Waals surface area contributed by atoms with Crippen LogP contribution in [0.25, 0.3) is 0 Å². The van der Waals surface area contributed by atoms with Crippen molar-refractivity contribution in [3.05, 3.63) is 46.2 Å². The molecule has 2 aromatic rings. The van der Waals surface area contributed by atoms with E-state index in [1.165, 1.54) is 11.3 Å². The third-order valence-electron chi connectivity index (χ3n) is 3.76. The number of rotatable bonds is 6. The van der Waals surface area contributed by atoms with Crippen molar-refractivity contribution in [3.8, 4) is 11.5 Å². The average Bonchev–Trinajstić information content (AvgIpc) is 3.18. The number of ether oxygens (including phenoxy) is 3. The van der Waals surface area contributed by atoms with Crippen LogP contribution in [0.3, 0.4) is 0 Å². The number of hydrogen-bond donors (Lipinski definition) is 0. The van der Waals surface area contributed by atoms with Crippen LogP contribution in [0.2, 0.25) is 0 Å². The van der Waals surface area contributed by atoms with Crippen LogP contribution in [0.5, 0.6) is 11.5 Å². The lowest BCUT2D eigenvalue weighted by atomic mass is 10.2. The molecule has 1 aromatic carbocycles. The van der Waals surface area contributed by atoms with E-state index in [2.05, 4.69) is 0 Å². The Morgan fingerprint density at radius 3 is 2.72 bits per heavy atom. The molecule has 0 aliphatic carbocycles. The van der Waals surface area contributed by atoms with Gasteiger partial charge in [-0.25, -0.2) is 4.79 Å². The zero-order valence-electron chi connectivity index (χ0n) is 13.9. The van der Waals surface area contributed by atoms with E-state index in [4.69, 9.17) is 14.2 Å². The van der Waals surface area contributed by atoms with Crippen LogP contribution in [0.1, 0.15) is 22.2 Å². The Balaban J connectivity index is 1.58. The molecular formula is C18H19NO5S. The number of amides is 1. The number of nitrogens with zero attached hydrogens (tertiary/aromatic N) is 1. The number of esters is 1. The lowest BCUT2D eigenvalue weighted by Crippen LogP contribution is -2.34. The van der Waals surface area contributed by atoms with Crippen molar-refractivity contribution >= 4 is 23.2 Å². The van der Waals surface area contributed by atoms with E-state index in [1.54, 1.807) is 22.4 Å². The van der Waals surface area contributed by atoms with Crippen molar-refractivity contribution in [1.82, 2.24) is 4.90 Å². The van der Waals surface area contributed by atoms with Gasteiger partial charge in [0.1, 0.15) is 18.1 Å². The quantitative estimate of drug-likeness (QED) is 0.740. The highest BCUT2D eigenvalue weighted by Gasteiger charge is 2.18. The van der Waals surface area contributed by atoms with Crippen molar-refractivity contribution in [2.45, 2.75) is 13.5 Å². The van der Waals surface area contributed by atoms with Gasteiger partial charge in [-0.15, -0.1) is 11.3 Å². The highest BCUT2D eigenvalue weighted by Crippen LogP contribution is 2.31. The molecule has 3 rings (SSSR count). The zero-order valence-corrected chi connectivity index (χ0v) is 14.7. The van der Waals surface area contributed by atoms with Crippen molar-refractivity contribution in [2.75, 3.05) is 26.4 Å². The third-order valence-corrected chi connectivity index (χ3v) is 4.61. The van der Waals surface area contributed by atoms with Crippen LogP contribution in [-0.4, -0.2) is 43.1 Å². The summed E-state index contributed by atoms with van der Waals surface area (Å²) in [7, 11) is 0. The van der Waals surface area contributed by atoms with Gasteiger partial charge in [-0.2, -0.15) is 0 Å².